The molecule has 0 N–H and O–H groups in total. The van der Waals surface area contributed by atoms with Crippen LogP contribution in [0.5, 0.6) is 0 Å². The van der Waals surface area contributed by atoms with Crippen LogP contribution in [-0.4, -0.2) is 4.57 Å². The Kier molecular flexibility index (Phi) is 9.25. The van der Waals surface area contributed by atoms with Gasteiger partial charge in [0.25, 0.3) is 0 Å². The number of aromatic nitrogens is 1. The molecule has 0 fully saturated rings. The van der Waals surface area contributed by atoms with Crippen LogP contribution in [0.3, 0.4) is 0 Å². The van der Waals surface area contributed by atoms with Crippen molar-refractivity contribution in [3.63, 3.8) is 0 Å². The number of fused-ring (bicyclic) bond motifs is 11. The molecule has 0 saturated carbocycles. The Morgan fingerprint density at radius 2 is 0.729 bits per heavy atom. The highest BCUT2D eigenvalue weighted by Gasteiger charge is 2.21. The van der Waals surface area contributed by atoms with Gasteiger partial charge in [0, 0.05) is 33.5 Å². The highest BCUT2D eigenvalue weighted by Crippen LogP contribution is 2.45. The molecule has 2 nitrogen and oxygen atoms in total. The molecule has 0 atom stereocenters. The maximum Gasteiger partial charge on any atom is 0.0547 e. The van der Waals surface area contributed by atoms with E-state index in [0.29, 0.717) is 0 Å². The summed E-state index contributed by atoms with van der Waals surface area (Å²) in [6.07, 6.45) is 0. The maximum absolute atomic E-state index is 2.43. The number of rotatable bonds is 7. The van der Waals surface area contributed by atoms with E-state index in [1.54, 1.807) is 0 Å². The highest BCUT2D eigenvalue weighted by atomic mass is 15.1. The summed E-state index contributed by atoms with van der Waals surface area (Å²) in [4.78, 5) is 2.41. The van der Waals surface area contributed by atoms with Gasteiger partial charge in [-0.05, 0) is 160 Å². The molecule has 0 radical (unpaired) electrons. The van der Waals surface area contributed by atoms with Crippen LogP contribution in [0, 0.1) is 0 Å². The quantitative estimate of drug-likeness (QED) is 0.145. The minimum absolute atomic E-state index is 1.08. The largest absolute Gasteiger partial charge is 0.310 e. The number of anilines is 3. The van der Waals surface area contributed by atoms with Crippen molar-refractivity contribution in [1.82, 2.24) is 4.57 Å². The average Bonchev–Trinajstić information content (AvgIpc) is 3.79. The Hall–Kier alpha value is -9.24. The fourth-order valence-corrected chi connectivity index (χ4v) is 11.3. The number of nitrogens with zero attached hydrogens (tertiary/aromatic N) is 2. The summed E-state index contributed by atoms with van der Waals surface area (Å²) in [5, 5.41) is 15.1. The molecular formula is C68H44N2. The van der Waals surface area contributed by atoms with Crippen molar-refractivity contribution in [1.29, 1.82) is 0 Å². The smallest absolute Gasteiger partial charge is 0.0547 e. The molecule has 70 heavy (non-hydrogen) atoms. The van der Waals surface area contributed by atoms with Gasteiger partial charge in [0.05, 0.1) is 11.0 Å². The number of benzene rings is 13. The molecule has 0 spiro atoms. The molecule has 326 valence electrons. The first kappa shape index (κ1) is 39.9. The minimum atomic E-state index is 1.08. The fraction of sp³-hybridized carbons (Fsp3) is 0. The van der Waals surface area contributed by atoms with Crippen LogP contribution in [0.4, 0.5) is 17.1 Å². The first-order chi connectivity index (χ1) is 34.7. The summed E-state index contributed by atoms with van der Waals surface area (Å²) in [6.45, 7) is 0. The van der Waals surface area contributed by atoms with Gasteiger partial charge in [-0.3, -0.25) is 0 Å². The molecule has 0 aliphatic heterocycles. The van der Waals surface area contributed by atoms with Gasteiger partial charge in [-0.2, -0.15) is 0 Å². The first-order valence-electron chi connectivity index (χ1n) is 24.2. The van der Waals surface area contributed by atoms with Gasteiger partial charge in [0.1, 0.15) is 0 Å². The van der Waals surface area contributed by atoms with Crippen LogP contribution in [0.25, 0.3) is 115 Å². The van der Waals surface area contributed by atoms with Crippen LogP contribution in [0.15, 0.2) is 267 Å². The Labute approximate surface area is 406 Å². The van der Waals surface area contributed by atoms with Crippen molar-refractivity contribution < 1.29 is 0 Å². The van der Waals surface area contributed by atoms with E-state index >= 15 is 0 Å². The summed E-state index contributed by atoms with van der Waals surface area (Å²) in [6, 6.07) is 98.1. The van der Waals surface area contributed by atoms with Gasteiger partial charge in [-0.25, -0.2) is 0 Å². The van der Waals surface area contributed by atoms with Crippen LogP contribution in [0.1, 0.15) is 0 Å². The van der Waals surface area contributed by atoms with Crippen molar-refractivity contribution >= 4 is 92.7 Å². The number of hydrogen-bond acceptors (Lipinski definition) is 1. The topological polar surface area (TPSA) is 8.17 Å². The zero-order chi connectivity index (χ0) is 46.1. The molecule has 13 aromatic carbocycles. The Bertz CT molecular complexity index is 4170. The molecule has 0 saturated heterocycles. The van der Waals surface area contributed by atoms with Crippen molar-refractivity contribution in [2.24, 2.45) is 0 Å². The van der Waals surface area contributed by atoms with Gasteiger partial charge in [0.15, 0.2) is 0 Å². The van der Waals surface area contributed by atoms with Crippen LogP contribution in [-0.2, 0) is 0 Å². The lowest BCUT2D eigenvalue weighted by atomic mass is 9.93. The molecule has 0 aliphatic carbocycles. The summed E-state index contributed by atoms with van der Waals surface area (Å²) < 4.78 is 2.43. The third-order valence-electron chi connectivity index (χ3n) is 14.5. The molecule has 14 rings (SSSR count). The van der Waals surface area contributed by atoms with E-state index in [-0.39, 0.29) is 0 Å². The van der Waals surface area contributed by atoms with Crippen molar-refractivity contribution in [2.75, 3.05) is 4.90 Å². The number of para-hydroxylation sites is 1. The lowest BCUT2D eigenvalue weighted by molar-refractivity contribution is 1.18. The molecule has 14 aromatic rings. The van der Waals surface area contributed by atoms with E-state index in [4.69, 9.17) is 0 Å². The molecule has 1 aromatic heterocycles. The predicted molar refractivity (Wildman–Crippen MR) is 299 cm³/mol. The second kappa shape index (κ2) is 16.2. The monoisotopic (exact) mass is 888 g/mol. The third kappa shape index (κ3) is 6.42. The first-order valence-corrected chi connectivity index (χ1v) is 24.2. The average molecular weight is 889 g/mol. The summed E-state index contributed by atoms with van der Waals surface area (Å²) in [5.41, 5.74) is 14.0. The third-order valence-corrected chi connectivity index (χ3v) is 14.5. The van der Waals surface area contributed by atoms with Crippen molar-refractivity contribution in [3.8, 4) is 39.1 Å². The van der Waals surface area contributed by atoms with E-state index in [1.807, 2.05) is 0 Å². The highest BCUT2D eigenvalue weighted by molar-refractivity contribution is 6.25. The zero-order valence-corrected chi connectivity index (χ0v) is 38.3. The summed E-state index contributed by atoms with van der Waals surface area (Å²) in [7, 11) is 0. The van der Waals surface area contributed by atoms with Gasteiger partial charge < -0.3 is 9.47 Å². The second-order valence-electron chi connectivity index (χ2n) is 18.4. The van der Waals surface area contributed by atoms with Crippen molar-refractivity contribution in [3.05, 3.63) is 267 Å². The maximum atomic E-state index is 2.43. The van der Waals surface area contributed by atoms with Gasteiger partial charge in [0.2, 0.25) is 0 Å². The molecule has 2 heteroatoms. The van der Waals surface area contributed by atoms with Crippen LogP contribution < -0.4 is 4.90 Å². The second-order valence-corrected chi connectivity index (χ2v) is 18.4. The fourth-order valence-electron chi connectivity index (χ4n) is 11.3. The van der Waals surface area contributed by atoms with Crippen molar-refractivity contribution in [2.45, 2.75) is 0 Å². The van der Waals surface area contributed by atoms with Gasteiger partial charge in [-0.1, -0.05) is 194 Å². The van der Waals surface area contributed by atoms with Crippen LogP contribution >= 0.6 is 0 Å². The van der Waals surface area contributed by atoms with Gasteiger partial charge in [-0.15, -0.1) is 0 Å². The predicted octanol–water partition coefficient (Wildman–Crippen LogP) is 19.0. The molecule has 1 heterocycles. The molecule has 0 aliphatic rings. The SMILES string of the molecule is c1ccc(-n2c3cccc(-c4cccc(N(c5ccc(-c6cc7ccccc7c7ccccc67)cc5)c5ccc(-c6cc7ccccc7c7ccccc67)cc5)c4)c3c3c4ccccc4ccc32)cc1. The standard InChI is InChI=1S/C68H44N2/c1-2-20-51(21-3-1)70-65-31-15-30-58(68(65)67-57-25-9-4-16-45(57)36-41-66(67)70)48-19-14-22-54(42-48)69(52-37-32-46(33-38-52)63-43-49-17-5-7-23-55(49)59-26-10-12-28-61(59)63)53-39-34-47(35-40-53)64-44-50-18-6-8-24-56(50)60-27-11-13-29-62(60)64/h1-44H. The molecular weight excluding hydrogens is 845 g/mol. The minimum Gasteiger partial charge on any atom is -0.310 e. The lowest BCUT2D eigenvalue weighted by Crippen LogP contribution is -2.10. The molecule has 0 bridgehead atoms. The van der Waals surface area contributed by atoms with E-state index in [1.165, 1.54) is 103 Å². The molecule has 0 amide bonds. The summed E-state index contributed by atoms with van der Waals surface area (Å²) >= 11 is 0. The van der Waals surface area contributed by atoms with E-state index in [0.717, 1.165) is 28.3 Å². The van der Waals surface area contributed by atoms with E-state index in [2.05, 4.69) is 276 Å². The van der Waals surface area contributed by atoms with E-state index < -0.39 is 0 Å². The normalized spacial score (nSPS) is 11.7. The van der Waals surface area contributed by atoms with Gasteiger partial charge >= 0.3 is 0 Å². The Morgan fingerprint density at radius 1 is 0.243 bits per heavy atom. The van der Waals surface area contributed by atoms with E-state index in [9.17, 15) is 0 Å². The Morgan fingerprint density at radius 3 is 1.33 bits per heavy atom. The molecule has 0 unspecified atom stereocenters. The zero-order valence-electron chi connectivity index (χ0n) is 38.3. The Balaban J connectivity index is 0.950. The lowest BCUT2D eigenvalue weighted by Gasteiger charge is -2.27. The van der Waals surface area contributed by atoms with Crippen LogP contribution in [0.2, 0.25) is 0 Å². The number of hydrogen-bond donors (Lipinski definition) is 0. The summed E-state index contributed by atoms with van der Waals surface area (Å²) in [5.74, 6) is 0.